The van der Waals surface area contributed by atoms with Crippen LogP contribution in [0, 0.1) is 5.82 Å². The summed E-state index contributed by atoms with van der Waals surface area (Å²) in [5, 5.41) is 3.49. The van der Waals surface area contributed by atoms with E-state index in [-0.39, 0.29) is 39.6 Å². The van der Waals surface area contributed by atoms with Gasteiger partial charge in [0.2, 0.25) is 11.8 Å². The van der Waals surface area contributed by atoms with Crippen LogP contribution in [-0.4, -0.2) is 43.8 Å². The molecule has 11 heteroatoms. The SMILES string of the molecule is CCC(C)NC(=O)C(Cc1ccccc1)N(Cc1c(Cl)cccc1Cl)C(=O)CN(c1ccccc1F)S(=O)(=O)c1ccccc1. The number of sulfonamides is 1. The van der Waals surface area contributed by atoms with Gasteiger partial charge in [-0.3, -0.25) is 13.9 Å². The van der Waals surface area contributed by atoms with Gasteiger partial charge >= 0.3 is 0 Å². The molecule has 236 valence electrons. The highest BCUT2D eigenvalue weighted by Gasteiger charge is 2.36. The molecule has 4 aromatic carbocycles. The molecule has 4 aromatic rings. The van der Waals surface area contributed by atoms with Crippen LogP contribution in [0.1, 0.15) is 31.4 Å². The van der Waals surface area contributed by atoms with Crippen molar-refractivity contribution >= 4 is 50.7 Å². The van der Waals surface area contributed by atoms with Gasteiger partial charge in [0.1, 0.15) is 18.4 Å². The van der Waals surface area contributed by atoms with Crippen molar-refractivity contribution in [3.8, 4) is 0 Å². The van der Waals surface area contributed by atoms with Gasteiger partial charge in [-0.2, -0.15) is 0 Å². The number of amides is 2. The van der Waals surface area contributed by atoms with E-state index in [0.29, 0.717) is 12.0 Å². The second kappa shape index (κ2) is 15.4. The smallest absolute Gasteiger partial charge is 0.264 e. The molecule has 0 radical (unpaired) electrons. The number of anilines is 1. The lowest BCUT2D eigenvalue weighted by atomic mass is 10.0. The minimum atomic E-state index is -4.43. The Labute approximate surface area is 273 Å². The van der Waals surface area contributed by atoms with Gasteiger partial charge in [-0.05, 0) is 55.3 Å². The quantitative estimate of drug-likeness (QED) is 0.168. The van der Waals surface area contributed by atoms with Gasteiger partial charge in [0.05, 0.1) is 10.6 Å². The number of para-hydroxylation sites is 1. The normalized spacial score (nSPS) is 12.6. The number of carbonyl (C=O) groups is 2. The Kier molecular flexibility index (Phi) is 11.6. The number of rotatable bonds is 13. The van der Waals surface area contributed by atoms with E-state index in [4.69, 9.17) is 23.2 Å². The van der Waals surface area contributed by atoms with Gasteiger partial charge in [0.15, 0.2) is 0 Å². The highest BCUT2D eigenvalue weighted by atomic mass is 35.5. The predicted octanol–water partition coefficient (Wildman–Crippen LogP) is 6.88. The molecule has 2 atom stereocenters. The Bertz CT molecular complexity index is 1710. The fraction of sp³-hybridized carbons (Fsp3) is 0.235. The molecule has 0 fully saturated rings. The summed E-state index contributed by atoms with van der Waals surface area (Å²) in [6.07, 6.45) is 0.756. The first kappa shape index (κ1) is 34.0. The van der Waals surface area contributed by atoms with Crippen molar-refractivity contribution in [1.82, 2.24) is 10.2 Å². The first-order valence-corrected chi connectivity index (χ1v) is 16.6. The number of nitrogens with one attached hydrogen (secondary N) is 1. The van der Waals surface area contributed by atoms with E-state index in [9.17, 15) is 18.0 Å². The number of benzene rings is 4. The maximum Gasteiger partial charge on any atom is 0.264 e. The van der Waals surface area contributed by atoms with Crippen LogP contribution in [0.2, 0.25) is 10.0 Å². The van der Waals surface area contributed by atoms with E-state index in [0.717, 1.165) is 15.9 Å². The van der Waals surface area contributed by atoms with Crippen molar-refractivity contribution in [3.63, 3.8) is 0 Å². The lowest BCUT2D eigenvalue weighted by Gasteiger charge is -2.34. The van der Waals surface area contributed by atoms with Crippen LogP contribution >= 0.6 is 23.2 Å². The first-order valence-electron chi connectivity index (χ1n) is 14.4. The maximum atomic E-state index is 15.2. The third kappa shape index (κ3) is 8.42. The minimum Gasteiger partial charge on any atom is -0.352 e. The summed E-state index contributed by atoms with van der Waals surface area (Å²) in [7, 11) is -4.43. The molecule has 0 aliphatic carbocycles. The number of hydrogen-bond donors (Lipinski definition) is 1. The molecule has 0 spiro atoms. The summed E-state index contributed by atoms with van der Waals surface area (Å²) in [5.41, 5.74) is 0.841. The third-order valence-corrected chi connectivity index (χ3v) is 9.88. The molecular weight excluding hydrogens is 636 g/mol. The molecule has 1 N–H and O–H groups in total. The number of halogens is 3. The average molecular weight is 671 g/mol. The summed E-state index contributed by atoms with van der Waals surface area (Å²) < 4.78 is 43.9. The van der Waals surface area contributed by atoms with Crippen LogP contribution in [0.3, 0.4) is 0 Å². The van der Waals surface area contributed by atoms with Crippen LogP contribution in [0.25, 0.3) is 0 Å². The monoisotopic (exact) mass is 669 g/mol. The van der Waals surface area contributed by atoms with Gasteiger partial charge in [0.25, 0.3) is 10.0 Å². The molecular formula is C34H34Cl2FN3O4S. The number of carbonyl (C=O) groups excluding carboxylic acids is 2. The predicted molar refractivity (Wildman–Crippen MR) is 176 cm³/mol. The van der Waals surface area contributed by atoms with Crippen LogP contribution in [0.5, 0.6) is 0 Å². The van der Waals surface area contributed by atoms with Gasteiger partial charge < -0.3 is 10.2 Å². The lowest BCUT2D eigenvalue weighted by molar-refractivity contribution is -0.140. The van der Waals surface area contributed by atoms with Crippen molar-refractivity contribution in [2.24, 2.45) is 0 Å². The Morgan fingerprint density at radius 3 is 2.02 bits per heavy atom. The van der Waals surface area contributed by atoms with Gasteiger partial charge in [-0.15, -0.1) is 0 Å². The van der Waals surface area contributed by atoms with Gasteiger partial charge in [0, 0.05) is 34.6 Å². The van der Waals surface area contributed by atoms with E-state index in [1.807, 2.05) is 44.2 Å². The Morgan fingerprint density at radius 2 is 1.42 bits per heavy atom. The molecule has 0 bridgehead atoms. The molecule has 2 unspecified atom stereocenters. The average Bonchev–Trinajstić information content (AvgIpc) is 3.03. The second-order valence-corrected chi connectivity index (χ2v) is 13.2. The molecule has 0 aliphatic rings. The minimum absolute atomic E-state index is 0.113. The molecule has 0 aromatic heterocycles. The molecule has 0 saturated carbocycles. The second-order valence-electron chi connectivity index (χ2n) is 10.5. The van der Waals surface area contributed by atoms with Gasteiger partial charge in [-0.1, -0.05) is 96.9 Å². The van der Waals surface area contributed by atoms with Crippen molar-refractivity contribution in [3.05, 3.63) is 130 Å². The molecule has 2 amide bonds. The Hall–Kier alpha value is -3.92. The molecule has 4 rings (SSSR count). The van der Waals surface area contributed by atoms with E-state index in [2.05, 4.69) is 5.32 Å². The van der Waals surface area contributed by atoms with Gasteiger partial charge in [-0.25, -0.2) is 12.8 Å². The van der Waals surface area contributed by atoms with E-state index < -0.39 is 40.2 Å². The number of nitrogens with zero attached hydrogens (tertiary/aromatic N) is 2. The van der Waals surface area contributed by atoms with Crippen LogP contribution in [0.4, 0.5) is 10.1 Å². The van der Waals surface area contributed by atoms with Crippen molar-refractivity contribution in [2.75, 3.05) is 10.8 Å². The standard InChI is InChI=1S/C34H34Cl2FN3O4S/c1-3-24(2)38-34(42)32(21-25-13-6-4-7-14-25)39(22-27-28(35)17-12-18-29(27)36)33(41)23-40(31-20-11-10-19-30(31)37)45(43,44)26-15-8-5-9-16-26/h4-20,24,32H,3,21-23H2,1-2H3,(H,38,42). The van der Waals surface area contributed by atoms with E-state index in [1.165, 1.54) is 47.4 Å². The zero-order valence-corrected chi connectivity index (χ0v) is 27.2. The molecule has 0 saturated heterocycles. The summed E-state index contributed by atoms with van der Waals surface area (Å²) >= 11 is 13.1. The highest BCUT2D eigenvalue weighted by Crippen LogP contribution is 2.30. The first-order chi connectivity index (χ1) is 21.5. The number of hydrogen-bond acceptors (Lipinski definition) is 4. The molecule has 45 heavy (non-hydrogen) atoms. The lowest BCUT2D eigenvalue weighted by Crippen LogP contribution is -2.54. The largest absolute Gasteiger partial charge is 0.352 e. The van der Waals surface area contributed by atoms with E-state index >= 15 is 4.39 Å². The fourth-order valence-electron chi connectivity index (χ4n) is 4.74. The van der Waals surface area contributed by atoms with Crippen LogP contribution in [0.15, 0.2) is 108 Å². The van der Waals surface area contributed by atoms with Crippen LogP contribution in [-0.2, 0) is 32.6 Å². The third-order valence-electron chi connectivity index (χ3n) is 7.39. The Morgan fingerprint density at radius 1 is 0.844 bits per heavy atom. The summed E-state index contributed by atoms with van der Waals surface area (Å²) in [5.74, 6) is -2.03. The molecule has 7 nitrogen and oxygen atoms in total. The highest BCUT2D eigenvalue weighted by molar-refractivity contribution is 7.92. The van der Waals surface area contributed by atoms with Crippen molar-refractivity contribution in [1.29, 1.82) is 0 Å². The summed E-state index contributed by atoms with van der Waals surface area (Å²) in [6.45, 7) is 2.76. The Balaban J connectivity index is 1.85. The molecule has 0 heterocycles. The maximum absolute atomic E-state index is 15.2. The fourth-order valence-corrected chi connectivity index (χ4v) is 6.70. The van der Waals surface area contributed by atoms with Crippen LogP contribution < -0.4 is 9.62 Å². The topological polar surface area (TPSA) is 86.8 Å². The molecule has 0 aliphatic heterocycles. The van der Waals surface area contributed by atoms with Crippen molar-refractivity contribution in [2.45, 2.75) is 50.2 Å². The summed E-state index contributed by atoms with van der Waals surface area (Å²) in [4.78, 5) is 29.5. The van der Waals surface area contributed by atoms with E-state index in [1.54, 1.807) is 24.3 Å². The van der Waals surface area contributed by atoms with Crippen molar-refractivity contribution < 1.29 is 22.4 Å². The zero-order chi connectivity index (χ0) is 32.6. The summed E-state index contributed by atoms with van der Waals surface area (Å²) in [6, 6.07) is 25.5. The zero-order valence-electron chi connectivity index (χ0n) is 24.9.